The second-order valence-electron chi connectivity index (χ2n) is 6.67. The number of aromatic nitrogens is 1. The number of nitrogens with one attached hydrogen (secondary N) is 1. The number of thiazole rings is 1. The normalized spacial score (nSPS) is 15.1. The van der Waals surface area contributed by atoms with Gasteiger partial charge in [0.05, 0.1) is 15.8 Å². The molecule has 28 heavy (non-hydrogen) atoms. The molecule has 2 aromatic carbocycles. The molecule has 0 saturated carbocycles. The highest BCUT2D eigenvalue weighted by atomic mass is 127. The van der Waals surface area contributed by atoms with Crippen LogP contribution in [0, 0.1) is 3.57 Å². The molecule has 3 aromatic rings. The average molecular weight is 527 g/mol. The number of benzene rings is 2. The molecule has 1 saturated heterocycles. The Morgan fingerprint density at radius 2 is 1.96 bits per heavy atom. The van der Waals surface area contributed by atoms with E-state index in [1.54, 1.807) is 11.3 Å². The van der Waals surface area contributed by atoms with Gasteiger partial charge in [-0.05, 0) is 52.9 Å². The van der Waals surface area contributed by atoms with Crippen LogP contribution >= 0.6 is 45.5 Å². The summed E-state index contributed by atoms with van der Waals surface area (Å²) in [7, 11) is 0. The summed E-state index contributed by atoms with van der Waals surface area (Å²) in [6.07, 6.45) is 0. The molecule has 1 N–H and O–H groups in total. The second-order valence-corrected chi connectivity index (χ2v) is 9.28. The largest absolute Gasteiger partial charge is 0.351 e. The maximum absolute atomic E-state index is 12.3. The minimum atomic E-state index is -0.00299. The van der Waals surface area contributed by atoms with Crippen molar-refractivity contribution in [3.05, 3.63) is 56.6 Å². The van der Waals surface area contributed by atoms with Crippen LogP contribution in [0.5, 0.6) is 0 Å². The summed E-state index contributed by atoms with van der Waals surface area (Å²) >= 11 is 9.97. The van der Waals surface area contributed by atoms with Gasteiger partial charge in [0.25, 0.3) is 5.91 Å². The van der Waals surface area contributed by atoms with Gasteiger partial charge in [0.1, 0.15) is 0 Å². The lowest BCUT2D eigenvalue weighted by molar-refractivity contribution is 0.0947. The van der Waals surface area contributed by atoms with Gasteiger partial charge in [-0.2, -0.15) is 0 Å². The first kappa shape index (κ1) is 19.9. The molecule has 1 aromatic heterocycles. The van der Waals surface area contributed by atoms with Gasteiger partial charge in [-0.1, -0.05) is 35.1 Å². The van der Waals surface area contributed by atoms with Gasteiger partial charge in [-0.25, -0.2) is 4.98 Å². The Morgan fingerprint density at radius 3 is 2.75 bits per heavy atom. The first-order valence-electron chi connectivity index (χ1n) is 9.16. The number of rotatable bonds is 5. The minimum Gasteiger partial charge on any atom is -0.351 e. The molecule has 1 fully saturated rings. The first-order chi connectivity index (χ1) is 13.6. The predicted molar refractivity (Wildman–Crippen MR) is 125 cm³/mol. The van der Waals surface area contributed by atoms with Crippen LogP contribution in [0.3, 0.4) is 0 Å². The van der Waals surface area contributed by atoms with Gasteiger partial charge in [-0.15, -0.1) is 0 Å². The smallest absolute Gasteiger partial charge is 0.252 e. The van der Waals surface area contributed by atoms with Gasteiger partial charge >= 0.3 is 0 Å². The zero-order valence-electron chi connectivity index (χ0n) is 15.2. The molecule has 0 spiro atoms. The monoisotopic (exact) mass is 526 g/mol. The Morgan fingerprint density at radius 1 is 1.18 bits per heavy atom. The molecule has 0 bridgehead atoms. The third-order valence-electron chi connectivity index (χ3n) is 4.81. The van der Waals surface area contributed by atoms with Crippen LogP contribution in [0.1, 0.15) is 10.4 Å². The number of fused-ring (bicyclic) bond motifs is 1. The fourth-order valence-electron chi connectivity index (χ4n) is 3.25. The van der Waals surface area contributed by atoms with Gasteiger partial charge in [0.15, 0.2) is 5.13 Å². The van der Waals surface area contributed by atoms with Crippen molar-refractivity contribution in [2.24, 2.45) is 0 Å². The maximum Gasteiger partial charge on any atom is 0.252 e. The first-order valence-corrected chi connectivity index (χ1v) is 11.4. The number of carbonyl (C=O) groups is 1. The molecule has 0 atom stereocenters. The molecular formula is C20H20ClIN4OS. The van der Waals surface area contributed by atoms with E-state index in [1.165, 1.54) is 0 Å². The summed E-state index contributed by atoms with van der Waals surface area (Å²) in [5, 5.41) is 4.84. The predicted octanol–water partition coefficient (Wildman–Crippen LogP) is 4.11. The number of anilines is 1. The maximum atomic E-state index is 12.3. The van der Waals surface area contributed by atoms with Crippen molar-refractivity contribution in [3.63, 3.8) is 0 Å². The Hall–Kier alpha value is -1.42. The van der Waals surface area contributed by atoms with Crippen molar-refractivity contribution >= 4 is 66.8 Å². The third kappa shape index (κ3) is 4.59. The number of amides is 1. The van der Waals surface area contributed by atoms with Crippen molar-refractivity contribution in [2.45, 2.75) is 0 Å². The van der Waals surface area contributed by atoms with Crippen LogP contribution < -0.4 is 10.2 Å². The fraction of sp³-hybridized carbons (Fsp3) is 0.300. The highest BCUT2D eigenvalue weighted by Crippen LogP contribution is 2.31. The zero-order chi connectivity index (χ0) is 19.5. The van der Waals surface area contributed by atoms with E-state index in [0.717, 1.165) is 62.2 Å². The van der Waals surface area contributed by atoms with Crippen LogP contribution in [0.2, 0.25) is 5.02 Å². The number of carbonyl (C=O) groups excluding carboxylic acids is 1. The molecule has 4 rings (SSSR count). The summed E-state index contributed by atoms with van der Waals surface area (Å²) < 4.78 is 2.10. The molecule has 1 aliphatic rings. The van der Waals surface area contributed by atoms with Gasteiger partial charge < -0.3 is 10.2 Å². The summed E-state index contributed by atoms with van der Waals surface area (Å²) in [6.45, 7) is 5.34. The number of halogens is 2. The number of hydrogen-bond acceptors (Lipinski definition) is 5. The van der Waals surface area contributed by atoms with E-state index in [9.17, 15) is 4.79 Å². The summed E-state index contributed by atoms with van der Waals surface area (Å²) in [5.74, 6) is -0.00299. The van der Waals surface area contributed by atoms with E-state index in [4.69, 9.17) is 16.6 Å². The molecule has 2 heterocycles. The molecule has 0 radical (unpaired) electrons. The SMILES string of the molecule is O=C(NCCN1CCN(c2nc3ccc(Cl)cc3s2)CC1)c1ccccc1I. The highest BCUT2D eigenvalue weighted by Gasteiger charge is 2.20. The molecule has 1 aliphatic heterocycles. The van der Waals surface area contributed by atoms with E-state index >= 15 is 0 Å². The minimum absolute atomic E-state index is 0.00299. The molecule has 8 heteroatoms. The van der Waals surface area contributed by atoms with E-state index in [1.807, 2.05) is 42.5 Å². The molecule has 146 valence electrons. The summed E-state index contributed by atoms with van der Waals surface area (Å²) in [4.78, 5) is 21.8. The molecular weight excluding hydrogens is 507 g/mol. The molecule has 5 nitrogen and oxygen atoms in total. The van der Waals surface area contributed by atoms with Crippen LogP contribution in [0.15, 0.2) is 42.5 Å². The van der Waals surface area contributed by atoms with Crippen molar-refractivity contribution in [1.82, 2.24) is 15.2 Å². The lowest BCUT2D eigenvalue weighted by atomic mass is 10.2. The third-order valence-corrected chi connectivity index (χ3v) is 7.07. The van der Waals surface area contributed by atoms with Crippen molar-refractivity contribution < 1.29 is 4.79 Å². The van der Waals surface area contributed by atoms with Gasteiger partial charge in [0, 0.05) is 47.9 Å². The van der Waals surface area contributed by atoms with Crippen molar-refractivity contribution in [1.29, 1.82) is 0 Å². The lowest BCUT2D eigenvalue weighted by Crippen LogP contribution is -2.48. The topological polar surface area (TPSA) is 48.5 Å². The van der Waals surface area contributed by atoms with Gasteiger partial charge in [0.2, 0.25) is 0 Å². The van der Waals surface area contributed by atoms with Crippen molar-refractivity contribution in [3.8, 4) is 0 Å². The summed E-state index contributed by atoms with van der Waals surface area (Å²) in [5.41, 5.74) is 1.74. The van der Waals surface area contributed by atoms with Crippen LogP contribution in [0.25, 0.3) is 10.2 Å². The standard InChI is InChI=1S/C20H20ClIN4OS/c21-14-5-6-17-18(13-14)28-20(24-17)26-11-9-25(10-12-26)8-7-23-19(27)15-3-1-2-4-16(15)22/h1-6,13H,7-12H2,(H,23,27). The number of nitrogens with zero attached hydrogens (tertiary/aromatic N) is 3. The van der Waals surface area contributed by atoms with E-state index in [-0.39, 0.29) is 5.91 Å². The Balaban J connectivity index is 1.26. The summed E-state index contributed by atoms with van der Waals surface area (Å²) in [6, 6.07) is 13.5. The van der Waals surface area contributed by atoms with E-state index in [2.05, 4.69) is 37.7 Å². The highest BCUT2D eigenvalue weighted by molar-refractivity contribution is 14.1. The van der Waals surface area contributed by atoms with E-state index in [0.29, 0.717) is 6.54 Å². The quantitative estimate of drug-likeness (QED) is 0.509. The number of hydrogen-bond donors (Lipinski definition) is 1. The van der Waals surface area contributed by atoms with Crippen LogP contribution in [0.4, 0.5) is 5.13 Å². The molecule has 0 unspecified atom stereocenters. The van der Waals surface area contributed by atoms with Gasteiger partial charge in [-0.3, -0.25) is 9.69 Å². The lowest BCUT2D eigenvalue weighted by Gasteiger charge is -2.34. The molecule has 0 aliphatic carbocycles. The molecule has 1 amide bonds. The average Bonchev–Trinajstić information content (AvgIpc) is 3.12. The Kier molecular flexibility index (Phi) is 6.35. The van der Waals surface area contributed by atoms with E-state index < -0.39 is 0 Å². The number of piperazine rings is 1. The Labute approximate surface area is 186 Å². The fourth-order valence-corrected chi connectivity index (χ4v) is 5.18. The second kappa shape index (κ2) is 8.94. The Bertz CT molecular complexity index is 987. The zero-order valence-corrected chi connectivity index (χ0v) is 18.9. The van der Waals surface area contributed by atoms with Crippen LogP contribution in [-0.2, 0) is 0 Å². The van der Waals surface area contributed by atoms with Crippen molar-refractivity contribution in [2.75, 3.05) is 44.2 Å². The van der Waals surface area contributed by atoms with Crippen LogP contribution in [-0.4, -0.2) is 55.1 Å².